The van der Waals surface area contributed by atoms with Crippen LogP contribution in [0.15, 0.2) is 43.0 Å². The summed E-state index contributed by atoms with van der Waals surface area (Å²) in [5.74, 6) is 0.823. The van der Waals surface area contributed by atoms with Crippen molar-refractivity contribution in [2.24, 2.45) is 0 Å². The molecule has 1 saturated heterocycles. The molecule has 92 valence electrons. The number of hydrogen-bond acceptors (Lipinski definition) is 5. The molecule has 18 heavy (non-hydrogen) atoms. The number of nitrogens with zero attached hydrogens (tertiary/aromatic N) is 5. The summed E-state index contributed by atoms with van der Waals surface area (Å²) < 4.78 is 0. The highest BCUT2D eigenvalue weighted by Crippen LogP contribution is 2.16. The van der Waals surface area contributed by atoms with E-state index in [2.05, 4.69) is 30.8 Å². The number of aromatic nitrogens is 3. The Balaban J connectivity index is 1.65. The quantitative estimate of drug-likeness (QED) is 0.790. The fourth-order valence-electron chi connectivity index (χ4n) is 2.16. The molecular formula is C13H15N5. The van der Waals surface area contributed by atoms with Gasteiger partial charge in [-0.3, -0.25) is 4.98 Å². The predicted molar refractivity (Wildman–Crippen MR) is 70.7 cm³/mol. The lowest BCUT2D eigenvalue weighted by Gasteiger charge is -2.35. The number of piperazine rings is 1. The Bertz CT molecular complexity index is 432. The van der Waals surface area contributed by atoms with Crippen LogP contribution in [0.2, 0.25) is 0 Å². The van der Waals surface area contributed by atoms with E-state index in [0.717, 1.165) is 32.1 Å². The van der Waals surface area contributed by atoms with Crippen LogP contribution < -0.4 is 9.80 Å². The summed E-state index contributed by atoms with van der Waals surface area (Å²) in [5, 5.41) is 0. The molecule has 2 aromatic rings. The van der Waals surface area contributed by atoms with Crippen molar-refractivity contribution in [2.75, 3.05) is 36.0 Å². The maximum atomic E-state index is 4.28. The zero-order valence-corrected chi connectivity index (χ0v) is 10.1. The molecule has 0 N–H and O–H groups in total. The maximum absolute atomic E-state index is 4.28. The van der Waals surface area contributed by atoms with Gasteiger partial charge in [0, 0.05) is 44.8 Å². The van der Waals surface area contributed by atoms with Crippen LogP contribution in [-0.4, -0.2) is 41.1 Å². The molecule has 0 aromatic carbocycles. The van der Waals surface area contributed by atoms with Gasteiger partial charge in [-0.2, -0.15) is 0 Å². The van der Waals surface area contributed by atoms with Crippen LogP contribution in [-0.2, 0) is 0 Å². The van der Waals surface area contributed by atoms with E-state index >= 15 is 0 Å². The van der Waals surface area contributed by atoms with Crippen molar-refractivity contribution >= 4 is 11.6 Å². The van der Waals surface area contributed by atoms with Crippen molar-refractivity contribution in [1.82, 2.24) is 15.0 Å². The average Bonchev–Trinajstić information content (AvgIpc) is 2.49. The first kappa shape index (κ1) is 11.0. The Morgan fingerprint density at radius 2 is 1.56 bits per heavy atom. The number of pyridine rings is 1. The van der Waals surface area contributed by atoms with Crippen LogP contribution in [0.25, 0.3) is 0 Å². The Hall–Kier alpha value is -2.17. The van der Waals surface area contributed by atoms with Crippen molar-refractivity contribution in [2.45, 2.75) is 0 Å². The molecule has 0 radical (unpaired) electrons. The second kappa shape index (κ2) is 5.00. The smallest absolute Gasteiger partial charge is 0.225 e. The van der Waals surface area contributed by atoms with E-state index in [1.54, 1.807) is 18.6 Å². The van der Waals surface area contributed by atoms with E-state index in [0.29, 0.717) is 0 Å². The summed E-state index contributed by atoms with van der Waals surface area (Å²) >= 11 is 0. The van der Waals surface area contributed by atoms with Crippen LogP contribution in [0.5, 0.6) is 0 Å². The molecule has 1 fully saturated rings. The second-order valence-corrected chi connectivity index (χ2v) is 4.23. The van der Waals surface area contributed by atoms with Crippen LogP contribution in [0.3, 0.4) is 0 Å². The van der Waals surface area contributed by atoms with E-state index in [4.69, 9.17) is 0 Å². The fourth-order valence-corrected chi connectivity index (χ4v) is 2.16. The molecule has 2 aromatic heterocycles. The van der Waals surface area contributed by atoms with Gasteiger partial charge in [0.1, 0.15) is 0 Å². The van der Waals surface area contributed by atoms with Gasteiger partial charge in [-0.1, -0.05) is 0 Å². The minimum absolute atomic E-state index is 0.823. The zero-order chi connectivity index (χ0) is 12.2. The molecule has 3 heterocycles. The highest BCUT2D eigenvalue weighted by molar-refractivity contribution is 5.46. The van der Waals surface area contributed by atoms with E-state index in [9.17, 15) is 0 Å². The van der Waals surface area contributed by atoms with Gasteiger partial charge in [0.2, 0.25) is 5.95 Å². The summed E-state index contributed by atoms with van der Waals surface area (Å²) in [4.78, 5) is 17.3. The summed E-state index contributed by atoms with van der Waals surface area (Å²) in [6.07, 6.45) is 7.29. The van der Waals surface area contributed by atoms with Gasteiger partial charge in [0.05, 0.1) is 11.9 Å². The Kier molecular flexibility index (Phi) is 3.04. The summed E-state index contributed by atoms with van der Waals surface area (Å²) in [5.41, 5.74) is 1.19. The van der Waals surface area contributed by atoms with Gasteiger partial charge < -0.3 is 9.80 Å². The Labute approximate surface area is 106 Å². The van der Waals surface area contributed by atoms with Crippen molar-refractivity contribution in [1.29, 1.82) is 0 Å². The summed E-state index contributed by atoms with van der Waals surface area (Å²) in [7, 11) is 0. The third-order valence-corrected chi connectivity index (χ3v) is 3.13. The van der Waals surface area contributed by atoms with Crippen LogP contribution in [0.1, 0.15) is 0 Å². The fraction of sp³-hybridized carbons (Fsp3) is 0.308. The van der Waals surface area contributed by atoms with E-state index < -0.39 is 0 Å². The topological polar surface area (TPSA) is 45.2 Å². The summed E-state index contributed by atoms with van der Waals surface area (Å²) in [6, 6.07) is 5.92. The third-order valence-electron chi connectivity index (χ3n) is 3.13. The Morgan fingerprint density at radius 3 is 2.22 bits per heavy atom. The molecule has 0 bridgehead atoms. The van der Waals surface area contributed by atoms with Crippen molar-refractivity contribution < 1.29 is 0 Å². The van der Waals surface area contributed by atoms with Gasteiger partial charge in [-0.05, 0) is 18.2 Å². The first-order chi connectivity index (χ1) is 8.93. The van der Waals surface area contributed by atoms with E-state index in [1.807, 2.05) is 18.3 Å². The van der Waals surface area contributed by atoms with Gasteiger partial charge in [0.15, 0.2) is 0 Å². The Morgan fingerprint density at radius 1 is 0.833 bits per heavy atom. The third kappa shape index (κ3) is 2.25. The highest BCUT2D eigenvalue weighted by Gasteiger charge is 2.18. The summed E-state index contributed by atoms with van der Waals surface area (Å²) in [6.45, 7) is 3.84. The van der Waals surface area contributed by atoms with Crippen LogP contribution >= 0.6 is 0 Å². The van der Waals surface area contributed by atoms with Gasteiger partial charge >= 0.3 is 0 Å². The normalized spacial score (nSPS) is 15.8. The highest BCUT2D eigenvalue weighted by atomic mass is 15.3. The zero-order valence-electron chi connectivity index (χ0n) is 10.1. The molecule has 0 atom stereocenters. The molecule has 3 rings (SSSR count). The molecule has 0 spiro atoms. The number of rotatable bonds is 2. The second-order valence-electron chi connectivity index (χ2n) is 4.23. The minimum atomic E-state index is 0.823. The van der Waals surface area contributed by atoms with E-state index in [1.165, 1.54) is 5.69 Å². The van der Waals surface area contributed by atoms with Crippen molar-refractivity contribution in [3.8, 4) is 0 Å². The van der Waals surface area contributed by atoms with Crippen molar-refractivity contribution in [3.05, 3.63) is 43.0 Å². The van der Waals surface area contributed by atoms with Gasteiger partial charge in [-0.25, -0.2) is 9.97 Å². The molecular weight excluding hydrogens is 226 g/mol. The lowest BCUT2D eigenvalue weighted by atomic mass is 10.3. The molecule has 1 aliphatic rings. The first-order valence-electron chi connectivity index (χ1n) is 6.10. The molecule has 5 nitrogen and oxygen atoms in total. The lowest BCUT2D eigenvalue weighted by molar-refractivity contribution is 0.639. The standard InChI is InChI=1S/C13H15N5/c1-3-12(11-14-4-1)17-7-9-18(10-8-17)13-15-5-2-6-16-13/h1-6,11H,7-10H2. The predicted octanol–water partition coefficient (Wildman–Crippen LogP) is 1.20. The van der Waals surface area contributed by atoms with Crippen LogP contribution in [0.4, 0.5) is 11.6 Å². The number of hydrogen-bond donors (Lipinski definition) is 0. The molecule has 5 heteroatoms. The molecule has 0 aliphatic carbocycles. The molecule has 0 amide bonds. The average molecular weight is 241 g/mol. The van der Waals surface area contributed by atoms with Gasteiger partial charge in [0.25, 0.3) is 0 Å². The van der Waals surface area contributed by atoms with Crippen LogP contribution in [0, 0.1) is 0 Å². The minimum Gasteiger partial charge on any atom is -0.367 e. The first-order valence-corrected chi connectivity index (χ1v) is 6.10. The molecule has 1 aliphatic heterocycles. The lowest BCUT2D eigenvalue weighted by Crippen LogP contribution is -2.47. The van der Waals surface area contributed by atoms with Gasteiger partial charge in [-0.15, -0.1) is 0 Å². The maximum Gasteiger partial charge on any atom is 0.225 e. The molecule has 0 unspecified atom stereocenters. The van der Waals surface area contributed by atoms with Crippen molar-refractivity contribution in [3.63, 3.8) is 0 Å². The monoisotopic (exact) mass is 241 g/mol. The van der Waals surface area contributed by atoms with E-state index in [-0.39, 0.29) is 0 Å². The number of anilines is 2. The SMILES string of the molecule is c1cnc(N2CCN(c3cccnc3)CC2)nc1. The largest absolute Gasteiger partial charge is 0.367 e. The molecule has 0 saturated carbocycles.